The molecule has 6 heteroatoms. The van der Waals surface area contributed by atoms with Gasteiger partial charge in [-0.2, -0.15) is 5.10 Å². The Morgan fingerprint density at radius 2 is 2.00 bits per heavy atom. The van der Waals surface area contributed by atoms with Crippen molar-refractivity contribution in [3.8, 4) is 0 Å². The highest BCUT2D eigenvalue weighted by atomic mass is 16.3. The SMILES string of the molecule is CC(=NNC(N)=O)C1=C(O)CC(c2ccccc2)CC1=O. The van der Waals surface area contributed by atoms with Gasteiger partial charge in [0.05, 0.1) is 11.3 Å². The molecule has 2 amide bonds. The summed E-state index contributed by atoms with van der Waals surface area (Å²) in [6, 6.07) is 8.76. The Morgan fingerprint density at radius 1 is 1.33 bits per heavy atom. The van der Waals surface area contributed by atoms with Crippen LogP contribution in [0.4, 0.5) is 4.79 Å². The van der Waals surface area contributed by atoms with E-state index in [9.17, 15) is 14.7 Å². The van der Waals surface area contributed by atoms with E-state index in [1.807, 2.05) is 30.3 Å². The summed E-state index contributed by atoms with van der Waals surface area (Å²) in [7, 11) is 0. The summed E-state index contributed by atoms with van der Waals surface area (Å²) in [4.78, 5) is 22.9. The van der Waals surface area contributed by atoms with E-state index >= 15 is 0 Å². The summed E-state index contributed by atoms with van der Waals surface area (Å²) in [6.07, 6.45) is 0.668. The predicted molar refractivity (Wildman–Crippen MR) is 78.9 cm³/mol. The molecule has 1 aromatic carbocycles. The number of amides is 2. The molecular weight excluding hydrogens is 270 g/mol. The number of nitrogens with one attached hydrogen (secondary N) is 1. The molecule has 0 saturated carbocycles. The molecule has 110 valence electrons. The standard InChI is InChI=1S/C15H17N3O3/c1-9(17-18-15(16)21)14-12(19)7-11(8-13(14)20)10-5-3-2-4-6-10/h2-6,11,19H,7-8H2,1H3,(H3,16,18,21). The number of allylic oxidation sites excluding steroid dienone is 2. The number of hydrogen-bond acceptors (Lipinski definition) is 4. The van der Waals surface area contributed by atoms with Crippen molar-refractivity contribution in [1.29, 1.82) is 0 Å². The van der Waals surface area contributed by atoms with Crippen molar-refractivity contribution in [2.75, 3.05) is 0 Å². The largest absolute Gasteiger partial charge is 0.511 e. The molecule has 1 atom stereocenters. The summed E-state index contributed by atoms with van der Waals surface area (Å²) in [6.45, 7) is 1.54. The third kappa shape index (κ3) is 3.47. The number of aliphatic hydroxyl groups is 1. The number of carbonyl (C=O) groups is 2. The quantitative estimate of drug-likeness (QED) is 0.584. The Balaban J connectivity index is 2.23. The number of aliphatic hydroxyl groups excluding tert-OH is 1. The molecule has 0 spiro atoms. The Morgan fingerprint density at radius 3 is 2.57 bits per heavy atom. The highest BCUT2D eigenvalue weighted by Crippen LogP contribution is 2.33. The third-order valence-electron chi connectivity index (χ3n) is 3.41. The summed E-state index contributed by atoms with van der Waals surface area (Å²) in [5.41, 5.74) is 8.40. The average Bonchev–Trinajstić information content (AvgIpc) is 2.45. The van der Waals surface area contributed by atoms with E-state index in [2.05, 4.69) is 10.5 Å². The maximum Gasteiger partial charge on any atom is 0.332 e. The van der Waals surface area contributed by atoms with Gasteiger partial charge in [-0.05, 0) is 18.4 Å². The normalized spacial score (nSPS) is 19.6. The lowest BCUT2D eigenvalue weighted by Crippen LogP contribution is -2.28. The van der Waals surface area contributed by atoms with Gasteiger partial charge in [-0.15, -0.1) is 0 Å². The summed E-state index contributed by atoms with van der Waals surface area (Å²) < 4.78 is 0. The van der Waals surface area contributed by atoms with Crippen LogP contribution >= 0.6 is 0 Å². The second-order valence-electron chi connectivity index (χ2n) is 4.93. The fraction of sp³-hybridized carbons (Fsp3) is 0.267. The zero-order valence-electron chi connectivity index (χ0n) is 11.7. The van der Waals surface area contributed by atoms with Crippen molar-refractivity contribution in [2.24, 2.45) is 10.8 Å². The zero-order valence-corrected chi connectivity index (χ0v) is 11.7. The maximum absolute atomic E-state index is 12.2. The first-order valence-electron chi connectivity index (χ1n) is 6.59. The maximum atomic E-state index is 12.2. The van der Waals surface area contributed by atoms with Gasteiger partial charge in [-0.25, -0.2) is 10.2 Å². The number of rotatable bonds is 3. The molecule has 0 aliphatic heterocycles. The predicted octanol–water partition coefficient (Wildman–Crippen LogP) is 1.99. The van der Waals surface area contributed by atoms with Crippen LogP contribution in [0.1, 0.15) is 31.2 Å². The van der Waals surface area contributed by atoms with Gasteiger partial charge >= 0.3 is 6.03 Å². The van der Waals surface area contributed by atoms with Gasteiger partial charge in [0.25, 0.3) is 0 Å². The molecule has 2 rings (SSSR count). The van der Waals surface area contributed by atoms with Gasteiger partial charge in [0.2, 0.25) is 0 Å². The molecule has 0 saturated heterocycles. The molecule has 4 N–H and O–H groups in total. The lowest BCUT2D eigenvalue weighted by atomic mass is 9.81. The molecule has 21 heavy (non-hydrogen) atoms. The number of hydrogen-bond donors (Lipinski definition) is 3. The second kappa shape index (κ2) is 6.21. The number of urea groups is 1. The minimum atomic E-state index is -0.820. The highest BCUT2D eigenvalue weighted by molar-refractivity contribution is 6.22. The number of nitrogens with two attached hydrogens (primary N) is 1. The van der Waals surface area contributed by atoms with Crippen molar-refractivity contribution in [3.05, 3.63) is 47.2 Å². The number of hydrazone groups is 1. The van der Waals surface area contributed by atoms with Gasteiger partial charge in [0.1, 0.15) is 5.76 Å². The minimum Gasteiger partial charge on any atom is -0.511 e. The molecule has 1 aliphatic carbocycles. The molecule has 1 aromatic rings. The molecule has 0 fully saturated rings. The van der Waals surface area contributed by atoms with Crippen molar-refractivity contribution < 1.29 is 14.7 Å². The lowest BCUT2D eigenvalue weighted by molar-refractivity contribution is -0.116. The van der Waals surface area contributed by atoms with Gasteiger partial charge in [-0.3, -0.25) is 4.79 Å². The Hall–Kier alpha value is -2.63. The van der Waals surface area contributed by atoms with Gasteiger partial charge < -0.3 is 10.8 Å². The number of nitrogens with zero attached hydrogens (tertiary/aromatic N) is 1. The van der Waals surface area contributed by atoms with Crippen LogP contribution in [0.5, 0.6) is 0 Å². The van der Waals surface area contributed by atoms with Crippen LogP contribution in [0.15, 0.2) is 46.8 Å². The summed E-state index contributed by atoms with van der Waals surface area (Å²) in [5, 5.41) is 13.8. The zero-order chi connectivity index (χ0) is 15.4. The van der Waals surface area contributed by atoms with E-state index in [1.165, 1.54) is 0 Å². The monoisotopic (exact) mass is 287 g/mol. The first kappa shape index (κ1) is 14.8. The van der Waals surface area contributed by atoms with E-state index < -0.39 is 6.03 Å². The van der Waals surface area contributed by atoms with E-state index in [4.69, 9.17) is 5.73 Å². The van der Waals surface area contributed by atoms with Crippen LogP contribution in [-0.4, -0.2) is 22.6 Å². The lowest BCUT2D eigenvalue weighted by Gasteiger charge is -2.23. The molecule has 0 radical (unpaired) electrons. The molecule has 0 bridgehead atoms. The fourth-order valence-electron chi connectivity index (χ4n) is 2.46. The first-order chi connectivity index (χ1) is 9.99. The molecule has 1 unspecified atom stereocenters. The van der Waals surface area contributed by atoms with Gasteiger partial charge in [-0.1, -0.05) is 30.3 Å². The molecule has 1 aliphatic rings. The number of Topliss-reactive ketones (excluding diaryl/α,β-unsaturated/α-hetero) is 1. The van der Waals surface area contributed by atoms with Crippen molar-refractivity contribution in [1.82, 2.24) is 5.43 Å². The average molecular weight is 287 g/mol. The topological polar surface area (TPSA) is 105 Å². The smallest absolute Gasteiger partial charge is 0.332 e. The van der Waals surface area contributed by atoms with Crippen LogP contribution in [0.25, 0.3) is 0 Å². The number of benzene rings is 1. The van der Waals surface area contributed by atoms with Crippen molar-refractivity contribution in [2.45, 2.75) is 25.7 Å². The van der Waals surface area contributed by atoms with E-state index in [0.717, 1.165) is 5.56 Å². The number of primary amides is 1. The number of carbonyl (C=O) groups excluding carboxylic acids is 2. The summed E-state index contributed by atoms with van der Waals surface area (Å²) >= 11 is 0. The summed E-state index contributed by atoms with van der Waals surface area (Å²) in [5.74, 6) is -0.243. The first-order valence-corrected chi connectivity index (χ1v) is 6.59. The van der Waals surface area contributed by atoms with Crippen LogP contribution in [0, 0.1) is 0 Å². The minimum absolute atomic E-state index is 0.00683. The third-order valence-corrected chi connectivity index (χ3v) is 3.41. The number of ketones is 1. The molecule has 0 aromatic heterocycles. The van der Waals surface area contributed by atoms with Gasteiger partial charge in [0, 0.05) is 12.8 Å². The van der Waals surface area contributed by atoms with Crippen molar-refractivity contribution >= 4 is 17.5 Å². The van der Waals surface area contributed by atoms with Crippen LogP contribution < -0.4 is 11.2 Å². The van der Waals surface area contributed by atoms with Crippen LogP contribution in [0.2, 0.25) is 0 Å². The molecule has 6 nitrogen and oxygen atoms in total. The van der Waals surface area contributed by atoms with E-state index in [-0.39, 0.29) is 28.7 Å². The Labute approximate surface area is 122 Å². The van der Waals surface area contributed by atoms with E-state index in [0.29, 0.717) is 12.8 Å². The second-order valence-corrected chi connectivity index (χ2v) is 4.93. The Kier molecular flexibility index (Phi) is 4.37. The van der Waals surface area contributed by atoms with Crippen molar-refractivity contribution in [3.63, 3.8) is 0 Å². The molecular formula is C15H17N3O3. The van der Waals surface area contributed by atoms with E-state index in [1.54, 1.807) is 6.92 Å². The van der Waals surface area contributed by atoms with Crippen LogP contribution in [0.3, 0.4) is 0 Å². The van der Waals surface area contributed by atoms with Gasteiger partial charge in [0.15, 0.2) is 5.78 Å². The fourth-order valence-corrected chi connectivity index (χ4v) is 2.46. The highest BCUT2D eigenvalue weighted by Gasteiger charge is 2.30. The molecule has 0 heterocycles. The Bertz CT molecular complexity index is 620. The van der Waals surface area contributed by atoms with Crippen LogP contribution in [-0.2, 0) is 4.79 Å².